The lowest BCUT2D eigenvalue weighted by molar-refractivity contribution is 0.0600. The van der Waals surface area contributed by atoms with Crippen molar-refractivity contribution in [1.82, 2.24) is 15.5 Å². The lowest BCUT2D eigenvalue weighted by Gasteiger charge is -2.08. The van der Waals surface area contributed by atoms with E-state index in [4.69, 9.17) is 0 Å². The van der Waals surface area contributed by atoms with Gasteiger partial charge in [0, 0.05) is 12.2 Å². The summed E-state index contributed by atoms with van der Waals surface area (Å²) in [6.45, 7) is 0.251. The molecule has 7 nitrogen and oxygen atoms in total. The molecule has 0 aliphatic rings. The number of rotatable bonds is 6. The fourth-order valence-electron chi connectivity index (χ4n) is 2.38. The van der Waals surface area contributed by atoms with Crippen LogP contribution in [0.5, 0.6) is 0 Å². The number of anilines is 2. The van der Waals surface area contributed by atoms with Crippen molar-refractivity contribution >= 4 is 23.4 Å². The fraction of sp³-hybridized carbons (Fsp3) is 0.100. The van der Waals surface area contributed by atoms with Crippen molar-refractivity contribution < 1.29 is 18.7 Å². The molecule has 142 valence electrons. The molecule has 3 aromatic rings. The van der Waals surface area contributed by atoms with E-state index in [0.717, 1.165) is 5.56 Å². The summed E-state index contributed by atoms with van der Waals surface area (Å²) < 4.78 is 17.6. The van der Waals surface area contributed by atoms with Crippen LogP contribution in [-0.4, -0.2) is 29.2 Å². The van der Waals surface area contributed by atoms with E-state index in [1.54, 1.807) is 42.5 Å². The smallest absolute Gasteiger partial charge is 0.337 e. The standard InChI is InChI=1S/C20H17FN4O3/c1-28-20(27)14-3-2-4-16(11-14)23-18-10-9-17(24-25-18)19(26)22-12-13-5-7-15(21)8-6-13/h2-11H,12H2,1H3,(H,22,26)(H,23,25). The van der Waals surface area contributed by atoms with Crippen LogP contribution in [0, 0.1) is 5.82 Å². The van der Waals surface area contributed by atoms with Gasteiger partial charge in [-0.3, -0.25) is 4.79 Å². The molecule has 0 fully saturated rings. The Morgan fingerprint density at radius 2 is 1.82 bits per heavy atom. The molecule has 3 rings (SSSR count). The van der Waals surface area contributed by atoms with E-state index in [-0.39, 0.29) is 18.1 Å². The first-order valence-corrected chi connectivity index (χ1v) is 8.37. The molecule has 0 unspecified atom stereocenters. The zero-order chi connectivity index (χ0) is 19.9. The van der Waals surface area contributed by atoms with Gasteiger partial charge < -0.3 is 15.4 Å². The van der Waals surface area contributed by atoms with Crippen LogP contribution in [0.2, 0.25) is 0 Å². The van der Waals surface area contributed by atoms with E-state index in [2.05, 4.69) is 25.6 Å². The van der Waals surface area contributed by atoms with Crippen molar-refractivity contribution in [2.24, 2.45) is 0 Å². The molecule has 0 saturated heterocycles. The Morgan fingerprint density at radius 3 is 2.50 bits per heavy atom. The quantitative estimate of drug-likeness (QED) is 0.639. The molecule has 2 N–H and O–H groups in total. The van der Waals surface area contributed by atoms with E-state index in [1.165, 1.54) is 25.3 Å². The number of methoxy groups -OCH3 is 1. The Morgan fingerprint density at radius 1 is 1.04 bits per heavy atom. The van der Waals surface area contributed by atoms with E-state index >= 15 is 0 Å². The Bertz CT molecular complexity index is 976. The molecule has 0 spiro atoms. The fourth-order valence-corrected chi connectivity index (χ4v) is 2.38. The molecule has 0 saturated carbocycles. The average Bonchev–Trinajstić information content (AvgIpc) is 2.73. The maximum Gasteiger partial charge on any atom is 0.337 e. The Balaban J connectivity index is 1.60. The average molecular weight is 380 g/mol. The number of esters is 1. The zero-order valence-electron chi connectivity index (χ0n) is 15.0. The monoisotopic (exact) mass is 380 g/mol. The van der Waals surface area contributed by atoms with Crippen LogP contribution in [0.25, 0.3) is 0 Å². The molecule has 0 radical (unpaired) electrons. The maximum atomic E-state index is 12.9. The van der Waals surface area contributed by atoms with Gasteiger partial charge in [-0.25, -0.2) is 9.18 Å². The summed E-state index contributed by atoms with van der Waals surface area (Å²) >= 11 is 0. The van der Waals surface area contributed by atoms with Gasteiger partial charge in [-0.15, -0.1) is 10.2 Å². The van der Waals surface area contributed by atoms with Gasteiger partial charge in [0.15, 0.2) is 11.5 Å². The molecule has 1 heterocycles. The second kappa shape index (κ2) is 8.72. The SMILES string of the molecule is COC(=O)c1cccc(Nc2ccc(C(=O)NCc3ccc(F)cc3)nn2)c1. The first kappa shape index (κ1) is 19.0. The molecule has 0 aliphatic carbocycles. The Labute approximate surface area is 160 Å². The summed E-state index contributed by atoms with van der Waals surface area (Å²) in [4.78, 5) is 23.7. The molecular formula is C20H17FN4O3. The van der Waals surface area contributed by atoms with Crippen LogP contribution in [0.3, 0.4) is 0 Å². The summed E-state index contributed by atoms with van der Waals surface area (Å²) in [7, 11) is 1.31. The summed E-state index contributed by atoms with van der Waals surface area (Å²) in [5, 5.41) is 13.6. The van der Waals surface area contributed by atoms with E-state index in [9.17, 15) is 14.0 Å². The van der Waals surface area contributed by atoms with Crippen molar-refractivity contribution in [2.45, 2.75) is 6.54 Å². The summed E-state index contributed by atoms with van der Waals surface area (Å²) in [6, 6.07) is 15.7. The highest BCUT2D eigenvalue weighted by Crippen LogP contribution is 2.16. The number of halogens is 1. The lowest BCUT2D eigenvalue weighted by Crippen LogP contribution is -2.24. The normalized spacial score (nSPS) is 10.2. The van der Waals surface area contributed by atoms with Crippen molar-refractivity contribution in [3.63, 3.8) is 0 Å². The number of amides is 1. The van der Waals surface area contributed by atoms with Crippen LogP contribution >= 0.6 is 0 Å². The molecule has 0 bridgehead atoms. The number of carbonyl (C=O) groups excluding carboxylic acids is 2. The van der Waals surface area contributed by atoms with Gasteiger partial charge >= 0.3 is 5.97 Å². The van der Waals surface area contributed by atoms with Crippen LogP contribution < -0.4 is 10.6 Å². The molecule has 1 amide bonds. The van der Waals surface area contributed by atoms with Crippen molar-refractivity contribution in [1.29, 1.82) is 0 Å². The number of benzene rings is 2. The first-order chi connectivity index (χ1) is 13.5. The maximum absolute atomic E-state index is 12.9. The van der Waals surface area contributed by atoms with Gasteiger partial charge in [0.1, 0.15) is 5.82 Å². The van der Waals surface area contributed by atoms with Crippen LogP contribution in [0.4, 0.5) is 15.9 Å². The van der Waals surface area contributed by atoms with Crippen molar-refractivity contribution in [2.75, 3.05) is 12.4 Å². The third-order valence-corrected chi connectivity index (χ3v) is 3.82. The van der Waals surface area contributed by atoms with Gasteiger partial charge in [0.2, 0.25) is 0 Å². The summed E-state index contributed by atoms with van der Waals surface area (Å²) in [6.07, 6.45) is 0. The second-order valence-electron chi connectivity index (χ2n) is 5.81. The predicted molar refractivity (Wildman–Crippen MR) is 101 cm³/mol. The largest absolute Gasteiger partial charge is 0.465 e. The van der Waals surface area contributed by atoms with E-state index in [1.807, 2.05) is 0 Å². The van der Waals surface area contributed by atoms with Gasteiger partial charge in [0.25, 0.3) is 5.91 Å². The Hall–Kier alpha value is -3.81. The third kappa shape index (κ3) is 4.88. The number of hydrogen-bond donors (Lipinski definition) is 2. The number of ether oxygens (including phenoxy) is 1. The summed E-state index contributed by atoms with van der Waals surface area (Å²) in [5.41, 5.74) is 1.95. The number of nitrogens with zero attached hydrogens (tertiary/aromatic N) is 2. The molecular weight excluding hydrogens is 363 g/mol. The van der Waals surface area contributed by atoms with Gasteiger partial charge in [-0.2, -0.15) is 0 Å². The lowest BCUT2D eigenvalue weighted by atomic mass is 10.2. The van der Waals surface area contributed by atoms with Gasteiger partial charge in [-0.05, 0) is 48.0 Å². The van der Waals surface area contributed by atoms with Crippen LogP contribution in [0.1, 0.15) is 26.4 Å². The highest BCUT2D eigenvalue weighted by molar-refractivity contribution is 5.92. The zero-order valence-corrected chi connectivity index (χ0v) is 15.0. The number of carbonyl (C=O) groups is 2. The van der Waals surface area contributed by atoms with Gasteiger partial charge in [0.05, 0.1) is 12.7 Å². The third-order valence-electron chi connectivity index (χ3n) is 3.82. The first-order valence-electron chi connectivity index (χ1n) is 8.37. The van der Waals surface area contributed by atoms with Crippen LogP contribution in [0.15, 0.2) is 60.7 Å². The second-order valence-corrected chi connectivity index (χ2v) is 5.81. The van der Waals surface area contributed by atoms with Crippen molar-refractivity contribution in [3.8, 4) is 0 Å². The van der Waals surface area contributed by atoms with Crippen molar-refractivity contribution in [3.05, 3.63) is 83.3 Å². The minimum atomic E-state index is -0.442. The predicted octanol–water partition coefficient (Wildman–Crippen LogP) is 3.08. The molecule has 8 heteroatoms. The van der Waals surface area contributed by atoms with E-state index < -0.39 is 11.9 Å². The highest BCUT2D eigenvalue weighted by Gasteiger charge is 2.09. The topological polar surface area (TPSA) is 93.2 Å². The molecule has 0 atom stereocenters. The molecule has 0 aliphatic heterocycles. The molecule has 2 aromatic carbocycles. The summed E-state index contributed by atoms with van der Waals surface area (Å²) in [5.74, 6) is -0.753. The van der Waals surface area contributed by atoms with E-state index in [0.29, 0.717) is 17.1 Å². The Kier molecular flexibility index (Phi) is 5.91. The minimum Gasteiger partial charge on any atom is -0.465 e. The van der Waals surface area contributed by atoms with Crippen LogP contribution in [-0.2, 0) is 11.3 Å². The number of nitrogens with one attached hydrogen (secondary N) is 2. The molecule has 28 heavy (non-hydrogen) atoms. The highest BCUT2D eigenvalue weighted by atomic mass is 19.1. The molecule has 1 aromatic heterocycles. The number of hydrogen-bond acceptors (Lipinski definition) is 6. The van der Waals surface area contributed by atoms with Gasteiger partial charge in [-0.1, -0.05) is 18.2 Å². The minimum absolute atomic E-state index is 0.149. The number of aromatic nitrogens is 2.